The quantitative estimate of drug-likeness (QED) is 0.617. The average Bonchev–Trinajstić information content (AvgIpc) is 2.54. The van der Waals surface area contributed by atoms with Gasteiger partial charge in [-0.2, -0.15) is 0 Å². The maximum atomic E-state index is 11.9. The van der Waals surface area contributed by atoms with Gasteiger partial charge in [0.25, 0.3) is 0 Å². The maximum absolute atomic E-state index is 11.9. The van der Waals surface area contributed by atoms with Crippen LogP contribution in [0.4, 0.5) is 0 Å². The van der Waals surface area contributed by atoms with Gasteiger partial charge in [0, 0.05) is 29.1 Å². The molecule has 0 saturated heterocycles. The second-order valence-electron chi connectivity index (χ2n) is 6.25. The highest BCUT2D eigenvalue weighted by atomic mass is 35.5. The van der Waals surface area contributed by atoms with Gasteiger partial charge < -0.3 is 4.74 Å². The van der Waals surface area contributed by atoms with Gasteiger partial charge in [0.2, 0.25) is 0 Å². The van der Waals surface area contributed by atoms with Crippen LogP contribution in [-0.4, -0.2) is 23.0 Å². The van der Waals surface area contributed by atoms with E-state index in [4.69, 9.17) is 16.3 Å². The van der Waals surface area contributed by atoms with E-state index >= 15 is 0 Å². The summed E-state index contributed by atoms with van der Waals surface area (Å²) in [6, 6.07) is 3.83. The van der Waals surface area contributed by atoms with Crippen LogP contribution in [0.2, 0.25) is 5.15 Å². The molecule has 2 aromatic heterocycles. The molecule has 1 fully saturated rings. The Kier molecular flexibility index (Phi) is 4.04. The van der Waals surface area contributed by atoms with Gasteiger partial charge in [-0.05, 0) is 44.7 Å². The second-order valence-corrected chi connectivity index (χ2v) is 6.64. The van der Waals surface area contributed by atoms with Crippen molar-refractivity contribution in [2.24, 2.45) is 5.41 Å². The summed E-state index contributed by atoms with van der Waals surface area (Å²) < 4.78 is 4.94. The van der Waals surface area contributed by atoms with E-state index in [2.05, 4.69) is 9.97 Å². The normalized spacial score (nSPS) is 25.1. The number of halogens is 1. The van der Waals surface area contributed by atoms with Crippen LogP contribution >= 0.6 is 11.6 Å². The molecule has 0 unspecified atom stereocenters. The molecule has 0 N–H and O–H groups in total. The number of aromatic nitrogens is 2. The molecule has 0 atom stereocenters. The van der Waals surface area contributed by atoms with Gasteiger partial charge in [0.05, 0.1) is 18.2 Å². The fourth-order valence-electron chi connectivity index (χ4n) is 3.37. The van der Waals surface area contributed by atoms with E-state index in [1.54, 1.807) is 6.20 Å². The van der Waals surface area contributed by atoms with Crippen LogP contribution in [-0.2, 0) is 9.53 Å². The molecule has 22 heavy (non-hydrogen) atoms. The highest BCUT2D eigenvalue weighted by molar-refractivity contribution is 6.30. The summed E-state index contributed by atoms with van der Waals surface area (Å²) in [6.45, 7) is 1.99. The van der Waals surface area contributed by atoms with Gasteiger partial charge >= 0.3 is 5.97 Å². The van der Waals surface area contributed by atoms with E-state index in [-0.39, 0.29) is 11.4 Å². The lowest BCUT2D eigenvalue weighted by atomic mass is 9.70. The van der Waals surface area contributed by atoms with Gasteiger partial charge in [-0.25, -0.2) is 4.98 Å². The number of esters is 1. The zero-order valence-electron chi connectivity index (χ0n) is 12.8. The molecule has 0 aromatic carbocycles. The summed E-state index contributed by atoms with van der Waals surface area (Å²) in [4.78, 5) is 20.6. The first-order valence-electron chi connectivity index (χ1n) is 7.52. The molecule has 3 rings (SSSR count). The Hall–Kier alpha value is -1.68. The van der Waals surface area contributed by atoms with Crippen molar-refractivity contribution in [3.05, 3.63) is 35.4 Å². The summed E-state index contributed by atoms with van der Waals surface area (Å²) >= 11 is 6.04. The fourth-order valence-corrected chi connectivity index (χ4v) is 3.52. The Bertz CT molecular complexity index is 709. The van der Waals surface area contributed by atoms with Gasteiger partial charge in [-0.15, -0.1) is 0 Å². The molecule has 116 valence electrons. The lowest BCUT2D eigenvalue weighted by Crippen LogP contribution is -2.33. The Morgan fingerprint density at radius 2 is 2.09 bits per heavy atom. The minimum absolute atomic E-state index is 0.107. The van der Waals surface area contributed by atoms with Gasteiger partial charge in [0.15, 0.2) is 0 Å². The van der Waals surface area contributed by atoms with Crippen LogP contribution in [0.25, 0.3) is 10.8 Å². The molecular weight excluding hydrogens is 300 g/mol. The monoisotopic (exact) mass is 318 g/mol. The van der Waals surface area contributed by atoms with Crippen LogP contribution in [0.1, 0.15) is 44.2 Å². The number of methoxy groups -OCH3 is 1. The zero-order chi connectivity index (χ0) is 15.7. The standard InChI is InChI=1S/C17H19ClN2O2/c1-17(16(21)22-2)6-3-11(4-7-17)15-13-9-14(18)20-10-12(13)5-8-19-15/h5,8-11H,3-4,6-7H2,1-2H3. The van der Waals surface area contributed by atoms with Crippen molar-refractivity contribution in [2.45, 2.75) is 38.5 Å². The number of ether oxygens (including phenoxy) is 1. The number of carbonyl (C=O) groups excluding carboxylic acids is 1. The van der Waals surface area contributed by atoms with Crippen molar-refractivity contribution < 1.29 is 9.53 Å². The fraction of sp³-hybridized carbons (Fsp3) is 0.471. The second kappa shape index (κ2) is 5.84. The predicted molar refractivity (Wildman–Crippen MR) is 85.9 cm³/mol. The Morgan fingerprint density at radius 1 is 1.36 bits per heavy atom. The molecular formula is C17H19ClN2O2. The molecule has 0 bridgehead atoms. The van der Waals surface area contributed by atoms with E-state index in [1.165, 1.54) is 7.11 Å². The molecule has 1 aliphatic carbocycles. The van der Waals surface area contributed by atoms with Crippen molar-refractivity contribution >= 4 is 28.3 Å². The molecule has 0 radical (unpaired) electrons. The molecule has 0 spiro atoms. The number of hydrogen-bond donors (Lipinski definition) is 0. The topological polar surface area (TPSA) is 52.1 Å². The van der Waals surface area contributed by atoms with Crippen LogP contribution in [0.5, 0.6) is 0 Å². The number of hydrogen-bond acceptors (Lipinski definition) is 4. The molecule has 0 amide bonds. The summed E-state index contributed by atoms with van der Waals surface area (Å²) in [5.74, 6) is 0.240. The highest BCUT2D eigenvalue weighted by Gasteiger charge is 2.39. The van der Waals surface area contributed by atoms with Crippen LogP contribution in [0.15, 0.2) is 24.5 Å². The predicted octanol–water partition coefficient (Wildman–Crippen LogP) is 4.12. The van der Waals surface area contributed by atoms with E-state index in [0.717, 1.165) is 42.1 Å². The van der Waals surface area contributed by atoms with Crippen LogP contribution < -0.4 is 0 Å². The molecule has 2 heterocycles. The molecule has 5 heteroatoms. The lowest BCUT2D eigenvalue weighted by molar-refractivity contribution is -0.153. The Labute approximate surface area is 134 Å². The number of rotatable bonds is 2. The number of nitrogens with zero attached hydrogens (tertiary/aromatic N) is 2. The summed E-state index contributed by atoms with van der Waals surface area (Å²) in [6.07, 6.45) is 7.10. The summed E-state index contributed by atoms with van der Waals surface area (Å²) in [5, 5.41) is 2.60. The van der Waals surface area contributed by atoms with Gasteiger partial charge in [0.1, 0.15) is 5.15 Å². The van der Waals surface area contributed by atoms with Crippen molar-refractivity contribution in [2.75, 3.05) is 7.11 Å². The first kappa shape index (κ1) is 15.2. The Morgan fingerprint density at radius 3 is 2.77 bits per heavy atom. The van der Waals surface area contributed by atoms with Crippen molar-refractivity contribution in [1.29, 1.82) is 0 Å². The van der Waals surface area contributed by atoms with Gasteiger partial charge in [-0.3, -0.25) is 9.78 Å². The Balaban J connectivity index is 1.88. The summed E-state index contributed by atoms with van der Waals surface area (Å²) in [7, 11) is 1.46. The lowest BCUT2D eigenvalue weighted by Gasteiger charge is -2.34. The first-order chi connectivity index (χ1) is 10.5. The number of fused-ring (bicyclic) bond motifs is 1. The van der Waals surface area contributed by atoms with Crippen molar-refractivity contribution in [1.82, 2.24) is 9.97 Å². The van der Waals surface area contributed by atoms with E-state index in [9.17, 15) is 4.79 Å². The molecule has 0 aliphatic heterocycles. The minimum atomic E-state index is -0.366. The first-order valence-corrected chi connectivity index (χ1v) is 7.90. The number of pyridine rings is 2. The van der Waals surface area contributed by atoms with Crippen molar-refractivity contribution in [3.63, 3.8) is 0 Å². The smallest absolute Gasteiger partial charge is 0.311 e. The maximum Gasteiger partial charge on any atom is 0.311 e. The third-order valence-electron chi connectivity index (χ3n) is 4.80. The van der Waals surface area contributed by atoms with E-state index < -0.39 is 0 Å². The van der Waals surface area contributed by atoms with Gasteiger partial charge in [-0.1, -0.05) is 11.6 Å². The largest absolute Gasteiger partial charge is 0.469 e. The van der Waals surface area contributed by atoms with E-state index in [0.29, 0.717) is 11.1 Å². The zero-order valence-corrected chi connectivity index (χ0v) is 13.6. The van der Waals surface area contributed by atoms with Crippen LogP contribution in [0, 0.1) is 5.41 Å². The average molecular weight is 319 g/mol. The van der Waals surface area contributed by atoms with Crippen molar-refractivity contribution in [3.8, 4) is 0 Å². The molecule has 4 nitrogen and oxygen atoms in total. The molecule has 1 aliphatic rings. The summed E-state index contributed by atoms with van der Waals surface area (Å²) in [5.41, 5.74) is 0.698. The highest BCUT2D eigenvalue weighted by Crippen LogP contribution is 2.44. The SMILES string of the molecule is COC(=O)C1(C)CCC(c2nccc3cnc(Cl)cc23)CC1. The third kappa shape index (κ3) is 2.68. The third-order valence-corrected chi connectivity index (χ3v) is 5.01. The van der Waals surface area contributed by atoms with E-state index in [1.807, 2.05) is 25.3 Å². The molecule has 2 aromatic rings. The minimum Gasteiger partial charge on any atom is -0.469 e. The molecule has 1 saturated carbocycles. The number of carbonyl (C=O) groups is 1. The van der Waals surface area contributed by atoms with Crippen LogP contribution in [0.3, 0.4) is 0 Å².